The average molecular weight is 362 g/mol. The molecule has 98 valence electrons. The standard InChI is InChI=1S/C12H7BrCl2N2O2/c13-10-3-1-2-9(17-10)12(19)16-6-4-7(14)11(18)8(15)5-6/h1-5,18H,(H,16,19). The van der Waals surface area contributed by atoms with E-state index in [1.54, 1.807) is 18.2 Å². The fourth-order valence-electron chi connectivity index (χ4n) is 1.37. The van der Waals surface area contributed by atoms with E-state index in [0.29, 0.717) is 10.3 Å². The zero-order valence-corrected chi connectivity index (χ0v) is 12.4. The SMILES string of the molecule is O=C(Nc1cc(Cl)c(O)c(Cl)c1)c1cccc(Br)n1. The van der Waals surface area contributed by atoms with Gasteiger partial charge in [0.1, 0.15) is 10.3 Å². The number of aromatic nitrogens is 1. The summed E-state index contributed by atoms with van der Waals surface area (Å²) in [5, 5.41) is 12.1. The Hall–Kier alpha value is -1.30. The van der Waals surface area contributed by atoms with Crippen LogP contribution in [0.25, 0.3) is 0 Å². The topological polar surface area (TPSA) is 62.2 Å². The van der Waals surface area contributed by atoms with Crippen molar-refractivity contribution in [3.63, 3.8) is 0 Å². The van der Waals surface area contributed by atoms with Gasteiger partial charge in [0.05, 0.1) is 10.0 Å². The molecule has 0 aliphatic heterocycles. The van der Waals surface area contributed by atoms with Crippen LogP contribution < -0.4 is 5.32 Å². The second-order valence-electron chi connectivity index (χ2n) is 3.59. The summed E-state index contributed by atoms with van der Waals surface area (Å²) in [7, 11) is 0. The van der Waals surface area contributed by atoms with E-state index in [0.717, 1.165) is 0 Å². The number of nitrogens with one attached hydrogen (secondary N) is 1. The van der Waals surface area contributed by atoms with E-state index in [2.05, 4.69) is 26.2 Å². The Morgan fingerprint density at radius 3 is 2.47 bits per heavy atom. The minimum absolute atomic E-state index is 0.0602. The van der Waals surface area contributed by atoms with Crippen LogP contribution in [0.4, 0.5) is 5.69 Å². The van der Waals surface area contributed by atoms with Crippen LogP contribution in [0.15, 0.2) is 34.9 Å². The van der Waals surface area contributed by atoms with E-state index in [1.807, 2.05) is 0 Å². The van der Waals surface area contributed by atoms with Gasteiger partial charge in [0.2, 0.25) is 0 Å². The maximum Gasteiger partial charge on any atom is 0.274 e. The highest BCUT2D eigenvalue weighted by molar-refractivity contribution is 9.10. The molecule has 0 fully saturated rings. The van der Waals surface area contributed by atoms with Crippen LogP contribution in [0.5, 0.6) is 5.75 Å². The van der Waals surface area contributed by atoms with Crippen LogP contribution >= 0.6 is 39.1 Å². The molecule has 4 nitrogen and oxygen atoms in total. The lowest BCUT2D eigenvalue weighted by Gasteiger charge is -2.07. The molecular formula is C12H7BrCl2N2O2. The molecule has 2 aromatic rings. The van der Waals surface area contributed by atoms with Crippen LogP contribution in [0.2, 0.25) is 10.0 Å². The zero-order chi connectivity index (χ0) is 14.0. The third-order valence-corrected chi connectivity index (χ3v) is 3.24. The zero-order valence-electron chi connectivity index (χ0n) is 9.32. The minimum atomic E-state index is -0.404. The van der Waals surface area contributed by atoms with Crippen LogP contribution in [0.3, 0.4) is 0 Å². The number of halogens is 3. The summed E-state index contributed by atoms with van der Waals surface area (Å²) in [4.78, 5) is 16.0. The fraction of sp³-hybridized carbons (Fsp3) is 0. The van der Waals surface area contributed by atoms with Crippen molar-refractivity contribution in [2.45, 2.75) is 0 Å². The Balaban J connectivity index is 2.24. The van der Waals surface area contributed by atoms with Crippen molar-refractivity contribution in [3.05, 3.63) is 50.7 Å². The van der Waals surface area contributed by atoms with Crippen molar-refractivity contribution in [3.8, 4) is 5.75 Å². The van der Waals surface area contributed by atoms with E-state index in [-0.39, 0.29) is 21.5 Å². The number of benzene rings is 1. The fourth-order valence-corrected chi connectivity index (χ4v) is 2.20. The van der Waals surface area contributed by atoms with Gasteiger partial charge in [-0.2, -0.15) is 0 Å². The third-order valence-electron chi connectivity index (χ3n) is 2.22. The first kappa shape index (κ1) is 14.1. The summed E-state index contributed by atoms with van der Waals surface area (Å²) in [6.45, 7) is 0. The van der Waals surface area contributed by atoms with Crippen molar-refractivity contribution in [1.29, 1.82) is 0 Å². The van der Waals surface area contributed by atoms with E-state index < -0.39 is 5.91 Å². The smallest absolute Gasteiger partial charge is 0.274 e. The summed E-state index contributed by atoms with van der Waals surface area (Å²) < 4.78 is 0.557. The number of hydrogen-bond acceptors (Lipinski definition) is 3. The molecule has 2 N–H and O–H groups in total. The first-order valence-electron chi connectivity index (χ1n) is 5.09. The lowest BCUT2D eigenvalue weighted by molar-refractivity contribution is 0.102. The number of phenolic OH excluding ortho intramolecular Hbond substituents is 1. The van der Waals surface area contributed by atoms with Crippen molar-refractivity contribution >= 4 is 50.7 Å². The van der Waals surface area contributed by atoms with Gasteiger partial charge in [0, 0.05) is 5.69 Å². The lowest BCUT2D eigenvalue weighted by Crippen LogP contribution is -2.13. The van der Waals surface area contributed by atoms with E-state index >= 15 is 0 Å². The average Bonchev–Trinajstić information content (AvgIpc) is 2.36. The molecule has 0 atom stereocenters. The van der Waals surface area contributed by atoms with Crippen LogP contribution in [-0.2, 0) is 0 Å². The number of nitrogens with zero attached hydrogens (tertiary/aromatic N) is 1. The van der Waals surface area contributed by atoms with E-state index in [4.69, 9.17) is 23.2 Å². The second kappa shape index (κ2) is 5.77. The molecule has 0 saturated heterocycles. The number of aromatic hydroxyl groups is 1. The molecule has 0 bridgehead atoms. The molecule has 0 saturated carbocycles. The van der Waals surface area contributed by atoms with Crippen molar-refractivity contribution in [1.82, 2.24) is 4.98 Å². The number of carbonyl (C=O) groups excluding carboxylic acids is 1. The second-order valence-corrected chi connectivity index (χ2v) is 5.22. The van der Waals surface area contributed by atoms with Gasteiger partial charge in [0.15, 0.2) is 5.75 Å². The van der Waals surface area contributed by atoms with E-state index in [9.17, 15) is 9.90 Å². The summed E-state index contributed by atoms with van der Waals surface area (Å²) >= 11 is 14.7. The third kappa shape index (κ3) is 3.37. The Morgan fingerprint density at radius 2 is 1.89 bits per heavy atom. The molecule has 1 aromatic carbocycles. The molecule has 0 aliphatic rings. The highest BCUT2D eigenvalue weighted by Gasteiger charge is 2.11. The van der Waals surface area contributed by atoms with Gasteiger partial charge < -0.3 is 10.4 Å². The molecule has 1 amide bonds. The van der Waals surface area contributed by atoms with Gasteiger partial charge in [-0.25, -0.2) is 4.98 Å². The van der Waals surface area contributed by atoms with Crippen molar-refractivity contribution in [2.24, 2.45) is 0 Å². The van der Waals surface area contributed by atoms with Gasteiger partial charge >= 0.3 is 0 Å². The summed E-state index contributed by atoms with van der Waals surface area (Å²) in [6.07, 6.45) is 0. The van der Waals surface area contributed by atoms with Gasteiger partial charge in [-0.05, 0) is 40.2 Å². The summed E-state index contributed by atoms with van der Waals surface area (Å²) in [6, 6.07) is 7.79. The number of amides is 1. The number of phenols is 1. The van der Waals surface area contributed by atoms with Gasteiger partial charge in [-0.3, -0.25) is 4.79 Å². The summed E-state index contributed by atoms with van der Waals surface area (Å²) in [5.41, 5.74) is 0.620. The maximum atomic E-state index is 11.9. The van der Waals surface area contributed by atoms with Crippen molar-refractivity contribution < 1.29 is 9.90 Å². The highest BCUT2D eigenvalue weighted by Crippen LogP contribution is 2.34. The Kier molecular flexibility index (Phi) is 4.29. The molecule has 1 aromatic heterocycles. The molecule has 7 heteroatoms. The van der Waals surface area contributed by atoms with Crippen molar-refractivity contribution in [2.75, 3.05) is 5.32 Å². The maximum absolute atomic E-state index is 11.9. The van der Waals surface area contributed by atoms with Crippen LogP contribution in [-0.4, -0.2) is 16.0 Å². The molecule has 1 heterocycles. The first-order chi connectivity index (χ1) is 8.97. The predicted molar refractivity (Wildman–Crippen MR) is 78.0 cm³/mol. The quantitative estimate of drug-likeness (QED) is 0.625. The highest BCUT2D eigenvalue weighted by atomic mass is 79.9. The number of carbonyl (C=O) groups is 1. The molecule has 0 spiro atoms. The molecule has 0 aliphatic carbocycles. The molecule has 0 radical (unpaired) electrons. The van der Waals surface area contributed by atoms with E-state index in [1.165, 1.54) is 12.1 Å². The van der Waals surface area contributed by atoms with Crippen LogP contribution in [0, 0.1) is 0 Å². The lowest BCUT2D eigenvalue weighted by atomic mass is 10.2. The summed E-state index contributed by atoms with van der Waals surface area (Å²) in [5.74, 6) is -0.624. The Labute approximate surface area is 127 Å². The predicted octanol–water partition coefficient (Wildman–Crippen LogP) is 4.11. The largest absolute Gasteiger partial charge is 0.505 e. The number of rotatable bonds is 2. The van der Waals surface area contributed by atoms with Gasteiger partial charge in [-0.15, -0.1) is 0 Å². The van der Waals surface area contributed by atoms with Crippen LogP contribution in [0.1, 0.15) is 10.5 Å². The monoisotopic (exact) mass is 360 g/mol. The van der Waals surface area contributed by atoms with Gasteiger partial charge in [0.25, 0.3) is 5.91 Å². The first-order valence-corrected chi connectivity index (χ1v) is 6.64. The molecular weight excluding hydrogens is 355 g/mol. The number of hydrogen-bond donors (Lipinski definition) is 2. The Morgan fingerprint density at radius 1 is 1.26 bits per heavy atom. The molecule has 19 heavy (non-hydrogen) atoms. The van der Waals surface area contributed by atoms with Gasteiger partial charge in [-0.1, -0.05) is 29.3 Å². The Bertz CT molecular complexity index is 626. The molecule has 2 rings (SSSR count). The number of anilines is 1. The normalized spacial score (nSPS) is 10.3. The number of pyridine rings is 1. The minimum Gasteiger partial charge on any atom is -0.505 e. The molecule has 0 unspecified atom stereocenters.